The molecule has 1 aliphatic heterocycles. The first-order valence-corrected chi connectivity index (χ1v) is 13.3. The number of nitrogens with zero attached hydrogens (tertiary/aromatic N) is 2. The highest BCUT2D eigenvalue weighted by Gasteiger charge is 2.27. The smallest absolute Gasteiger partial charge is 0.159 e. The molecule has 3 aromatic carbocycles. The molecule has 7 heteroatoms. The van der Waals surface area contributed by atoms with Crippen LogP contribution in [0.4, 0.5) is 0 Å². The van der Waals surface area contributed by atoms with Crippen LogP contribution in [0.15, 0.2) is 66.7 Å². The van der Waals surface area contributed by atoms with Gasteiger partial charge in [-0.25, -0.2) is 0 Å². The van der Waals surface area contributed by atoms with E-state index in [-0.39, 0.29) is 17.6 Å². The molecule has 1 aliphatic rings. The molecule has 0 saturated carbocycles. The molecule has 0 amide bonds. The van der Waals surface area contributed by atoms with Crippen molar-refractivity contribution in [2.45, 2.75) is 33.0 Å². The van der Waals surface area contributed by atoms with Crippen molar-refractivity contribution in [3.05, 3.63) is 94.5 Å². The van der Waals surface area contributed by atoms with Crippen LogP contribution in [0.1, 0.15) is 57.3 Å². The minimum absolute atomic E-state index is 0.00853. The number of morpholine rings is 1. The Balaban J connectivity index is 1.81. The normalized spacial score (nSPS) is 14.7. The quantitative estimate of drug-likeness (QED) is 0.299. The third-order valence-electron chi connectivity index (χ3n) is 7.28. The molecule has 1 saturated heterocycles. The number of benzene rings is 3. The first kappa shape index (κ1) is 28.5. The zero-order chi connectivity index (χ0) is 27.8. The molecular formula is C32H38N2O5. The van der Waals surface area contributed by atoms with Crippen molar-refractivity contribution in [3.63, 3.8) is 0 Å². The summed E-state index contributed by atoms with van der Waals surface area (Å²) in [6.45, 7) is 8.17. The number of ketones is 2. The van der Waals surface area contributed by atoms with Gasteiger partial charge in [-0.1, -0.05) is 30.3 Å². The van der Waals surface area contributed by atoms with Crippen LogP contribution >= 0.6 is 0 Å². The Morgan fingerprint density at radius 2 is 1.33 bits per heavy atom. The van der Waals surface area contributed by atoms with Gasteiger partial charge in [0.1, 0.15) is 11.5 Å². The molecule has 3 aromatic rings. The van der Waals surface area contributed by atoms with Crippen LogP contribution < -0.4 is 9.47 Å². The van der Waals surface area contributed by atoms with E-state index in [4.69, 9.17) is 14.2 Å². The topological polar surface area (TPSA) is 68.3 Å². The summed E-state index contributed by atoms with van der Waals surface area (Å²) in [7, 11) is 3.30. The molecule has 39 heavy (non-hydrogen) atoms. The molecule has 0 spiro atoms. The number of carbonyl (C=O) groups is 2. The Morgan fingerprint density at radius 1 is 0.821 bits per heavy atom. The summed E-state index contributed by atoms with van der Waals surface area (Å²) in [5.41, 5.74) is 4.33. The van der Waals surface area contributed by atoms with E-state index in [0.717, 1.165) is 42.3 Å². The third-order valence-corrected chi connectivity index (χ3v) is 7.28. The van der Waals surface area contributed by atoms with Crippen molar-refractivity contribution >= 4 is 11.6 Å². The Hall–Kier alpha value is -3.52. The van der Waals surface area contributed by atoms with Gasteiger partial charge in [0.2, 0.25) is 0 Å². The van der Waals surface area contributed by atoms with Gasteiger partial charge < -0.3 is 14.2 Å². The van der Waals surface area contributed by atoms with Crippen molar-refractivity contribution in [2.24, 2.45) is 0 Å². The maximum absolute atomic E-state index is 12.3. The molecule has 1 fully saturated rings. The number of ether oxygens (including phenoxy) is 3. The zero-order valence-electron chi connectivity index (χ0n) is 23.3. The Labute approximate surface area is 231 Å². The molecule has 206 valence electrons. The fourth-order valence-corrected chi connectivity index (χ4v) is 5.09. The van der Waals surface area contributed by atoms with Crippen LogP contribution in [0.5, 0.6) is 11.5 Å². The lowest BCUT2D eigenvalue weighted by Crippen LogP contribution is -2.43. The Morgan fingerprint density at radius 3 is 1.79 bits per heavy atom. The van der Waals surface area contributed by atoms with Gasteiger partial charge in [-0.05, 0) is 55.8 Å². The van der Waals surface area contributed by atoms with Crippen molar-refractivity contribution in [2.75, 3.05) is 47.1 Å². The number of carbonyl (C=O) groups excluding carboxylic acids is 2. The summed E-state index contributed by atoms with van der Waals surface area (Å²) in [4.78, 5) is 29.3. The number of methoxy groups -OCH3 is 2. The van der Waals surface area contributed by atoms with Crippen molar-refractivity contribution in [1.82, 2.24) is 9.80 Å². The lowest BCUT2D eigenvalue weighted by molar-refractivity contribution is 0.0196. The van der Waals surface area contributed by atoms with Crippen LogP contribution in [0, 0.1) is 0 Å². The molecular weight excluding hydrogens is 492 g/mol. The molecule has 0 aliphatic carbocycles. The SMILES string of the molecule is COc1ccc(C(C)=O)cc1CN(Cc1cc(C(C)=O)ccc1OC)[C@@H](CN1CCOCC1)c1ccccc1. The molecule has 0 bridgehead atoms. The van der Waals surface area contributed by atoms with E-state index in [1.807, 2.05) is 30.3 Å². The number of rotatable bonds is 12. The predicted octanol–water partition coefficient (Wildman–Crippen LogP) is 5.18. The lowest BCUT2D eigenvalue weighted by Gasteiger charge is -2.38. The van der Waals surface area contributed by atoms with Crippen molar-refractivity contribution < 1.29 is 23.8 Å². The highest BCUT2D eigenvalue weighted by atomic mass is 16.5. The molecule has 0 aromatic heterocycles. The summed E-state index contributed by atoms with van der Waals surface area (Å²) in [5.74, 6) is 1.48. The van der Waals surface area contributed by atoms with E-state index < -0.39 is 0 Å². The van der Waals surface area contributed by atoms with E-state index in [1.165, 1.54) is 5.56 Å². The number of hydrogen-bond acceptors (Lipinski definition) is 7. The molecule has 7 nitrogen and oxygen atoms in total. The molecule has 0 radical (unpaired) electrons. The standard InChI is InChI=1S/C32H38N2O5/c1-23(35)26-10-12-31(37-3)28(18-26)20-34(21-29-19-27(24(2)36)11-13-32(29)38-4)30(25-8-6-5-7-9-25)22-33-14-16-39-17-15-33/h5-13,18-19,30H,14-17,20-22H2,1-4H3/t30-/m0/s1. The first-order chi connectivity index (χ1) is 18.9. The first-order valence-electron chi connectivity index (χ1n) is 13.3. The van der Waals surface area contributed by atoms with Gasteiger partial charge in [0.05, 0.1) is 27.4 Å². The van der Waals surface area contributed by atoms with Gasteiger partial charge >= 0.3 is 0 Å². The maximum Gasteiger partial charge on any atom is 0.159 e. The third kappa shape index (κ3) is 7.32. The number of hydrogen-bond donors (Lipinski definition) is 0. The monoisotopic (exact) mass is 530 g/mol. The van der Waals surface area contributed by atoms with Gasteiger partial charge in [-0.3, -0.25) is 19.4 Å². The van der Waals surface area contributed by atoms with Crippen LogP contribution in [0.2, 0.25) is 0 Å². The van der Waals surface area contributed by atoms with Crippen LogP contribution in [0.25, 0.3) is 0 Å². The van der Waals surface area contributed by atoms with Gasteiger partial charge in [0.25, 0.3) is 0 Å². The van der Waals surface area contributed by atoms with Gasteiger partial charge in [0.15, 0.2) is 11.6 Å². The van der Waals surface area contributed by atoms with Crippen molar-refractivity contribution in [3.8, 4) is 11.5 Å². The minimum Gasteiger partial charge on any atom is -0.496 e. The van der Waals surface area contributed by atoms with Crippen LogP contribution in [0.3, 0.4) is 0 Å². The van der Waals surface area contributed by atoms with E-state index in [0.29, 0.717) is 37.4 Å². The average molecular weight is 531 g/mol. The molecule has 1 heterocycles. The second-order valence-corrected chi connectivity index (χ2v) is 9.91. The van der Waals surface area contributed by atoms with E-state index >= 15 is 0 Å². The Bertz CT molecular complexity index is 1200. The van der Waals surface area contributed by atoms with Crippen LogP contribution in [-0.2, 0) is 17.8 Å². The number of Topliss-reactive ketones (excluding diaryl/α,β-unsaturated/α-hetero) is 2. The minimum atomic E-state index is 0.00853. The zero-order valence-corrected chi connectivity index (χ0v) is 23.3. The van der Waals surface area contributed by atoms with E-state index in [9.17, 15) is 9.59 Å². The Kier molecular flexibility index (Phi) is 9.87. The van der Waals surface area contributed by atoms with Gasteiger partial charge in [-0.15, -0.1) is 0 Å². The summed E-state index contributed by atoms with van der Waals surface area (Å²) in [5, 5.41) is 0. The summed E-state index contributed by atoms with van der Waals surface area (Å²) in [6.07, 6.45) is 0. The summed E-state index contributed by atoms with van der Waals surface area (Å²) < 4.78 is 17.1. The van der Waals surface area contributed by atoms with E-state index in [1.54, 1.807) is 40.2 Å². The molecule has 1 atom stereocenters. The van der Waals surface area contributed by atoms with Gasteiger partial charge in [-0.2, -0.15) is 0 Å². The van der Waals surface area contributed by atoms with Crippen LogP contribution in [-0.4, -0.2) is 68.4 Å². The fraction of sp³-hybridized carbons (Fsp3) is 0.375. The molecule has 4 rings (SSSR count). The second kappa shape index (κ2) is 13.5. The summed E-state index contributed by atoms with van der Waals surface area (Å²) in [6, 6.07) is 21.7. The highest BCUT2D eigenvalue weighted by Crippen LogP contribution is 2.32. The predicted molar refractivity (Wildman–Crippen MR) is 152 cm³/mol. The van der Waals surface area contributed by atoms with Crippen molar-refractivity contribution in [1.29, 1.82) is 0 Å². The van der Waals surface area contributed by atoms with E-state index in [2.05, 4.69) is 34.1 Å². The average Bonchev–Trinajstić information content (AvgIpc) is 2.96. The largest absolute Gasteiger partial charge is 0.496 e. The fourth-order valence-electron chi connectivity index (χ4n) is 5.09. The summed E-state index contributed by atoms with van der Waals surface area (Å²) >= 11 is 0. The maximum atomic E-state index is 12.3. The highest BCUT2D eigenvalue weighted by molar-refractivity contribution is 5.95. The second-order valence-electron chi connectivity index (χ2n) is 9.91. The lowest BCUT2D eigenvalue weighted by atomic mass is 9.99. The molecule has 0 unspecified atom stereocenters. The molecule has 0 N–H and O–H groups in total. The van der Waals surface area contributed by atoms with Gasteiger partial charge in [0, 0.05) is 61.0 Å².